The molecule has 0 amide bonds. The lowest BCUT2D eigenvalue weighted by molar-refractivity contribution is -0.0506. The van der Waals surface area contributed by atoms with Crippen molar-refractivity contribution < 1.29 is 64.1 Å². The number of alkyl halides is 4. The number of carbonyl (C=O) groups excluding carboxylic acids is 3. The summed E-state index contributed by atoms with van der Waals surface area (Å²) >= 11 is 0. The molecule has 6 nitrogen and oxygen atoms in total. The fourth-order valence-electron chi connectivity index (χ4n) is 3.63. The summed E-state index contributed by atoms with van der Waals surface area (Å²) in [5.74, 6) is -7.72. The maximum absolute atomic E-state index is 13.1. The standard InChI is InChI=1S/C15H10F4O3.C15H8F4O3/c2*16-10-4-9(5-11(17)7-10)14(21)13(20)8-2-1-3-12(6-8)22-15(18)19/h1-7,13,15,20H;1-7,15H. The van der Waals surface area contributed by atoms with Gasteiger partial charge in [0.05, 0.1) is 0 Å². The Labute approximate surface area is 243 Å². The van der Waals surface area contributed by atoms with E-state index in [0.29, 0.717) is 24.3 Å². The van der Waals surface area contributed by atoms with E-state index in [4.69, 9.17) is 0 Å². The number of benzene rings is 4. The lowest BCUT2D eigenvalue weighted by Crippen LogP contribution is -2.15. The molecule has 0 aliphatic carbocycles. The highest BCUT2D eigenvalue weighted by molar-refractivity contribution is 6.49. The van der Waals surface area contributed by atoms with Gasteiger partial charge < -0.3 is 14.6 Å². The molecule has 4 aromatic carbocycles. The predicted molar refractivity (Wildman–Crippen MR) is 137 cm³/mol. The Hall–Kier alpha value is -5.11. The molecule has 0 radical (unpaired) electrons. The molecular weight excluding hydrogens is 608 g/mol. The average molecular weight is 626 g/mol. The zero-order valence-electron chi connectivity index (χ0n) is 21.8. The van der Waals surface area contributed by atoms with Crippen molar-refractivity contribution in [1.29, 1.82) is 0 Å². The van der Waals surface area contributed by atoms with Crippen molar-refractivity contribution in [3.8, 4) is 11.5 Å². The third kappa shape index (κ3) is 9.46. The summed E-state index contributed by atoms with van der Waals surface area (Å²) in [6.45, 7) is -6.14. The van der Waals surface area contributed by atoms with Crippen LogP contribution in [0.5, 0.6) is 11.5 Å². The first-order chi connectivity index (χ1) is 20.7. The van der Waals surface area contributed by atoms with Crippen LogP contribution in [0, 0.1) is 23.3 Å². The van der Waals surface area contributed by atoms with E-state index in [1.165, 1.54) is 36.4 Å². The molecule has 0 heterocycles. The second-order valence-corrected chi connectivity index (χ2v) is 8.60. The van der Waals surface area contributed by atoms with Crippen LogP contribution in [0.2, 0.25) is 0 Å². The summed E-state index contributed by atoms with van der Waals surface area (Å²) in [5, 5.41) is 9.95. The molecule has 0 saturated carbocycles. The van der Waals surface area contributed by atoms with Gasteiger partial charge in [0.1, 0.15) is 40.9 Å². The van der Waals surface area contributed by atoms with Gasteiger partial charge in [-0.3, -0.25) is 14.4 Å². The van der Waals surface area contributed by atoms with Gasteiger partial charge in [0, 0.05) is 28.8 Å². The van der Waals surface area contributed by atoms with Gasteiger partial charge >= 0.3 is 13.2 Å². The van der Waals surface area contributed by atoms with Crippen LogP contribution in [0.25, 0.3) is 0 Å². The molecule has 4 rings (SSSR count). The number of halogens is 8. The lowest BCUT2D eigenvalue weighted by Gasteiger charge is -2.12. The smallest absolute Gasteiger partial charge is 0.387 e. The Morgan fingerprint density at radius 1 is 0.545 bits per heavy atom. The summed E-state index contributed by atoms with van der Waals surface area (Å²) < 4.78 is 109. The van der Waals surface area contributed by atoms with Crippen molar-refractivity contribution in [1.82, 2.24) is 0 Å². The molecule has 0 spiro atoms. The van der Waals surface area contributed by atoms with Gasteiger partial charge in [-0.15, -0.1) is 0 Å². The Kier molecular flexibility index (Phi) is 11.3. The van der Waals surface area contributed by atoms with Gasteiger partial charge in [0.25, 0.3) is 0 Å². The SMILES string of the molecule is O=C(C(=O)c1cccc(OC(F)F)c1)c1cc(F)cc(F)c1.O=C(c1cc(F)cc(F)c1)C(O)c1cccc(OC(F)F)c1. The van der Waals surface area contributed by atoms with E-state index in [1.54, 1.807) is 0 Å². The van der Waals surface area contributed by atoms with E-state index in [0.717, 1.165) is 24.3 Å². The number of ketones is 3. The van der Waals surface area contributed by atoms with E-state index < -0.39 is 65.5 Å². The molecule has 1 unspecified atom stereocenters. The number of aliphatic hydroxyl groups is 1. The van der Waals surface area contributed by atoms with Crippen LogP contribution in [0.3, 0.4) is 0 Å². The predicted octanol–water partition coefficient (Wildman–Crippen LogP) is 7.11. The van der Waals surface area contributed by atoms with E-state index in [-0.39, 0.29) is 28.2 Å². The number of rotatable bonds is 10. The zero-order valence-corrected chi connectivity index (χ0v) is 21.8. The van der Waals surface area contributed by atoms with Crippen LogP contribution in [-0.4, -0.2) is 35.7 Å². The molecule has 0 aliphatic heterocycles. The first-order valence-corrected chi connectivity index (χ1v) is 12.1. The number of Topliss-reactive ketones (excluding diaryl/α,β-unsaturated/α-hetero) is 3. The van der Waals surface area contributed by atoms with Crippen LogP contribution in [0.4, 0.5) is 35.1 Å². The van der Waals surface area contributed by atoms with Gasteiger partial charge in [-0.05, 0) is 54.1 Å². The van der Waals surface area contributed by atoms with E-state index >= 15 is 0 Å². The van der Waals surface area contributed by atoms with Gasteiger partial charge in [-0.2, -0.15) is 17.6 Å². The van der Waals surface area contributed by atoms with Gasteiger partial charge in [-0.1, -0.05) is 24.3 Å². The highest BCUT2D eigenvalue weighted by Crippen LogP contribution is 2.24. The maximum Gasteiger partial charge on any atom is 0.387 e. The molecule has 0 aliphatic rings. The summed E-state index contributed by atoms with van der Waals surface area (Å²) in [6, 6.07) is 13.5. The average Bonchev–Trinajstić information content (AvgIpc) is 2.94. The fraction of sp³-hybridized carbons (Fsp3) is 0.100. The highest BCUT2D eigenvalue weighted by Gasteiger charge is 2.22. The Balaban J connectivity index is 0.000000240. The van der Waals surface area contributed by atoms with Crippen molar-refractivity contribution in [2.45, 2.75) is 19.3 Å². The van der Waals surface area contributed by atoms with Crippen LogP contribution in [0.1, 0.15) is 42.7 Å². The summed E-state index contributed by atoms with van der Waals surface area (Å²) in [7, 11) is 0. The van der Waals surface area contributed by atoms with E-state index in [1.807, 2.05) is 0 Å². The number of aliphatic hydroxyl groups excluding tert-OH is 1. The molecule has 44 heavy (non-hydrogen) atoms. The van der Waals surface area contributed by atoms with E-state index in [9.17, 15) is 54.6 Å². The van der Waals surface area contributed by atoms with Crippen LogP contribution >= 0.6 is 0 Å². The molecule has 0 bridgehead atoms. The van der Waals surface area contributed by atoms with Crippen molar-refractivity contribution in [3.63, 3.8) is 0 Å². The molecular formula is C30H18F8O6. The van der Waals surface area contributed by atoms with Crippen LogP contribution < -0.4 is 9.47 Å². The quantitative estimate of drug-likeness (QED) is 0.115. The fourth-order valence-corrected chi connectivity index (χ4v) is 3.63. The Morgan fingerprint density at radius 2 is 0.977 bits per heavy atom. The largest absolute Gasteiger partial charge is 0.435 e. The molecule has 1 N–H and O–H groups in total. The lowest BCUT2D eigenvalue weighted by atomic mass is 9.99. The molecule has 0 aromatic heterocycles. The molecule has 14 heteroatoms. The zero-order chi connectivity index (χ0) is 32.6. The number of carbonyl (C=O) groups is 3. The summed E-state index contributed by atoms with van der Waals surface area (Å²) in [6.07, 6.45) is -1.76. The molecule has 0 saturated heterocycles. The number of hydrogen-bond donors (Lipinski definition) is 1. The van der Waals surface area contributed by atoms with Crippen LogP contribution in [0.15, 0.2) is 84.9 Å². The first kappa shape index (κ1) is 33.4. The van der Waals surface area contributed by atoms with Crippen molar-refractivity contribution in [3.05, 3.63) is 130 Å². The minimum absolute atomic E-state index is 0.0344. The van der Waals surface area contributed by atoms with Gasteiger partial charge in [-0.25, -0.2) is 17.6 Å². The third-order valence-electron chi connectivity index (χ3n) is 5.45. The minimum atomic E-state index is -3.08. The number of hydrogen-bond acceptors (Lipinski definition) is 6. The summed E-state index contributed by atoms with van der Waals surface area (Å²) in [5.41, 5.74) is -1.10. The summed E-state index contributed by atoms with van der Waals surface area (Å²) in [4.78, 5) is 35.9. The minimum Gasteiger partial charge on any atom is -0.435 e. The monoisotopic (exact) mass is 626 g/mol. The highest BCUT2D eigenvalue weighted by atomic mass is 19.3. The van der Waals surface area contributed by atoms with Gasteiger partial charge in [0.15, 0.2) is 5.78 Å². The topological polar surface area (TPSA) is 89.9 Å². The maximum atomic E-state index is 13.1. The normalized spacial score (nSPS) is 11.4. The van der Waals surface area contributed by atoms with Gasteiger partial charge in [0.2, 0.25) is 11.6 Å². The van der Waals surface area contributed by atoms with Crippen molar-refractivity contribution >= 4 is 17.3 Å². The molecule has 4 aromatic rings. The molecule has 0 fully saturated rings. The second-order valence-electron chi connectivity index (χ2n) is 8.60. The molecule has 1 atom stereocenters. The number of ether oxygens (including phenoxy) is 2. The van der Waals surface area contributed by atoms with Crippen LogP contribution in [-0.2, 0) is 0 Å². The van der Waals surface area contributed by atoms with Crippen molar-refractivity contribution in [2.24, 2.45) is 0 Å². The van der Waals surface area contributed by atoms with E-state index in [2.05, 4.69) is 9.47 Å². The Bertz CT molecular complexity index is 1620. The third-order valence-corrected chi connectivity index (χ3v) is 5.45. The first-order valence-electron chi connectivity index (χ1n) is 12.1. The second kappa shape index (κ2) is 14.9. The molecule has 230 valence electrons. The Morgan fingerprint density at radius 3 is 1.48 bits per heavy atom. The van der Waals surface area contributed by atoms with Crippen molar-refractivity contribution in [2.75, 3.05) is 0 Å².